The zero-order valence-electron chi connectivity index (χ0n) is 17.1. The normalized spacial score (nSPS) is 11.9. The van der Waals surface area contributed by atoms with Crippen LogP contribution in [0.25, 0.3) is 0 Å². The van der Waals surface area contributed by atoms with Crippen LogP contribution < -0.4 is 10.1 Å². The summed E-state index contributed by atoms with van der Waals surface area (Å²) in [5.74, 6) is 1.39. The molecule has 9 heteroatoms. The van der Waals surface area contributed by atoms with Gasteiger partial charge in [-0.05, 0) is 56.2 Å². The lowest BCUT2D eigenvalue weighted by atomic mass is 10.1. The van der Waals surface area contributed by atoms with E-state index in [2.05, 4.69) is 22.4 Å². The van der Waals surface area contributed by atoms with Gasteiger partial charge in [0.05, 0.1) is 21.5 Å². The Morgan fingerprint density at radius 3 is 2.70 bits per heavy atom. The molecule has 0 aliphatic rings. The SMILES string of the molecule is Cc1ccc(OC(C)c2nnc(SCC(=O)Nc3cccc(Cl)c3Cl)n2C)cc1C. The monoisotopic (exact) mass is 464 g/mol. The molecule has 0 radical (unpaired) electrons. The minimum absolute atomic E-state index is 0.154. The zero-order valence-corrected chi connectivity index (χ0v) is 19.4. The Morgan fingerprint density at radius 1 is 1.20 bits per heavy atom. The fourth-order valence-corrected chi connectivity index (χ4v) is 3.83. The summed E-state index contributed by atoms with van der Waals surface area (Å²) in [6.45, 7) is 6.03. The highest BCUT2D eigenvalue weighted by Crippen LogP contribution is 2.30. The molecular formula is C21H22Cl2N4O2S. The average Bonchev–Trinajstić information content (AvgIpc) is 3.07. The molecule has 0 spiro atoms. The third-order valence-electron chi connectivity index (χ3n) is 4.58. The molecule has 3 rings (SSSR count). The van der Waals surface area contributed by atoms with Crippen LogP contribution in [0.5, 0.6) is 5.75 Å². The van der Waals surface area contributed by atoms with E-state index in [0.29, 0.717) is 26.7 Å². The molecule has 0 saturated heterocycles. The molecule has 1 aromatic heterocycles. The zero-order chi connectivity index (χ0) is 21.8. The van der Waals surface area contributed by atoms with Crippen molar-refractivity contribution in [1.29, 1.82) is 0 Å². The number of carbonyl (C=O) groups excluding carboxylic acids is 1. The molecule has 3 aromatic rings. The highest BCUT2D eigenvalue weighted by molar-refractivity contribution is 7.99. The first kappa shape index (κ1) is 22.5. The van der Waals surface area contributed by atoms with Gasteiger partial charge in [-0.2, -0.15) is 0 Å². The third kappa shape index (κ3) is 5.28. The van der Waals surface area contributed by atoms with Gasteiger partial charge in [-0.3, -0.25) is 4.79 Å². The molecule has 1 unspecified atom stereocenters. The second-order valence-electron chi connectivity index (χ2n) is 6.84. The third-order valence-corrected chi connectivity index (χ3v) is 6.42. The van der Waals surface area contributed by atoms with Crippen molar-refractivity contribution in [2.24, 2.45) is 7.05 Å². The van der Waals surface area contributed by atoms with Gasteiger partial charge in [0.15, 0.2) is 17.1 Å². The molecular weight excluding hydrogens is 443 g/mol. The molecule has 158 valence electrons. The number of aromatic nitrogens is 3. The first-order chi connectivity index (χ1) is 14.3. The summed E-state index contributed by atoms with van der Waals surface area (Å²) in [6.07, 6.45) is -0.293. The van der Waals surface area contributed by atoms with Gasteiger partial charge >= 0.3 is 0 Å². The van der Waals surface area contributed by atoms with Crippen molar-refractivity contribution in [1.82, 2.24) is 14.8 Å². The summed E-state index contributed by atoms with van der Waals surface area (Å²) in [6, 6.07) is 11.1. The van der Waals surface area contributed by atoms with Gasteiger partial charge in [-0.1, -0.05) is 47.1 Å². The Hall–Kier alpha value is -2.22. The smallest absolute Gasteiger partial charge is 0.234 e. The first-order valence-electron chi connectivity index (χ1n) is 9.26. The maximum Gasteiger partial charge on any atom is 0.234 e. The van der Waals surface area contributed by atoms with E-state index < -0.39 is 0 Å². The Bertz CT molecular complexity index is 1070. The van der Waals surface area contributed by atoms with Crippen LogP contribution in [-0.4, -0.2) is 26.4 Å². The molecule has 1 amide bonds. The molecule has 2 aromatic carbocycles. The number of halogens is 2. The molecule has 0 aliphatic heterocycles. The molecule has 0 fully saturated rings. The van der Waals surface area contributed by atoms with Gasteiger partial charge in [0.25, 0.3) is 0 Å². The molecule has 6 nitrogen and oxygen atoms in total. The van der Waals surface area contributed by atoms with Gasteiger partial charge in [0.1, 0.15) is 5.75 Å². The van der Waals surface area contributed by atoms with Crippen molar-refractivity contribution in [3.05, 3.63) is 63.4 Å². The number of nitrogens with zero attached hydrogens (tertiary/aromatic N) is 3. The number of benzene rings is 2. The van der Waals surface area contributed by atoms with E-state index in [9.17, 15) is 4.79 Å². The Morgan fingerprint density at radius 2 is 1.97 bits per heavy atom. The first-order valence-corrected chi connectivity index (χ1v) is 11.0. The highest BCUT2D eigenvalue weighted by Gasteiger charge is 2.18. The van der Waals surface area contributed by atoms with Crippen molar-refractivity contribution >= 4 is 46.6 Å². The summed E-state index contributed by atoms with van der Waals surface area (Å²) >= 11 is 13.4. The van der Waals surface area contributed by atoms with Crippen molar-refractivity contribution in [2.75, 3.05) is 11.1 Å². The number of hydrogen-bond acceptors (Lipinski definition) is 5. The van der Waals surface area contributed by atoms with E-state index in [1.807, 2.05) is 43.7 Å². The lowest BCUT2D eigenvalue weighted by Crippen LogP contribution is -2.15. The number of rotatable bonds is 7. The summed E-state index contributed by atoms with van der Waals surface area (Å²) in [7, 11) is 1.85. The molecule has 1 atom stereocenters. The standard InChI is InChI=1S/C21H22Cl2N4O2S/c1-12-8-9-15(10-13(12)2)29-14(3)20-25-26-21(27(20)4)30-11-18(28)24-17-7-5-6-16(22)19(17)23/h5-10,14H,11H2,1-4H3,(H,24,28). The maximum absolute atomic E-state index is 12.3. The van der Waals surface area contributed by atoms with Gasteiger partial charge in [0.2, 0.25) is 5.91 Å². The summed E-state index contributed by atoms with van der Waals surface area (Å²) in [5.41, 5.74) is 2.85. The number of carbonyl (C=O) groups is 1. The fourth-order valence-electron chi connectivity index (χ4n) is 2.77. The van der Waals surface area contributed by atoms with Crippen LogP contribution in [0.2, 0.25) is 10.0 Å². The number of hydrogen-bond donors (Lipinski definition) is 1. The minimum atomic E-state index is -0.293. The molecule has 30 heavy (non-hydrogen) atoms. The number of thioether (sulfide) groups is 1. The van der Waals surface area contributed by atoms with Crippen LogP contribution >= 0.6 is 35.0 Å². The summed E-state index contributed by atoms with van der Waals surface area (Å²) < 4.78 is 7.85. The number of anilines is 1. The highest BCUT2D eigenvalue weighted by atomic mass is 35.5. The molecule has 0 aliphatic carbocycles. The van der Waals surface area contributed by atoms with Gasteiger partial charge in [-0.25, -0.2) is 0 Å². The Labute approximate surface area is 189 Å². The second kappa shape index (κ2) is 9.73. The fraction of sp³-hybridized carbons (Fsp3) is 0.286. The van der Waals surface area contributed by atoms with E-state index in [-0.39, 0.29) is 17.8 Å². The largest absolute Gasteiger partial charge is 0.483 e. The van der Waals surface area contributed by atoms with Crippen LogP contribution in [-0.2, 0) is 11.8 Å². The average molecular weight is 465 g/mol. The minimum Gasteiger partial charge on any atom is -0.483 e. The molecule has 1 N–H and O–H groups in total. The van der Waals surface area contributed by atoms with Crippen molar-refractivity contribution in [3.8, 4) is 5.75 Å². The topological polar surface area (TPSA) is 69.0 Å². The van der Waals surface area contributed by atoms with Crippen molar-refractivity contribution in [3.63, 3.8) is 0 Å². The predicted octanol–water partition coefficient (Wildman–Crippen LogP) is 5.61. The van der Waals surface area contributed by atoms with Crippen LogP contribution in [0.3, 0.4) is 0 Å². The van der Waals surface area contributed by atoms with E-state index in [4.69, 9.17) is 27.9 Å². The number of aryl methyl sites for hydroxylation is 2. The van der Waals surface area contributed by atoms with Gasteiger partial charge < -0.3 is 14.6 Å². The predicted molar refractivity (Wildman–Crippen MR) is 122 cm³/mol. The van der Waals surface area contributed by atoms with Crippen LogP contribution in [0.15, 0.2) is 41.6 Å². The molecule has 0 bridgehead atoms. The van der Waals surface area contributed by atoms with Crippen LogP contribution in [0.4, 0.5) is 5.69 Å². The second-order valence-corrected chi connectivity index (χ2v) is 8.57. The van der Waals surface area contributed by atoms with Crippen LogP contribution in [0, 0.1) is 13.8 Å². The maximum atomic E-state index is 12.3. The Balaban J connectivity index is 1.61. The number of amides is 1. The molecule has 1 heterocycles. The lowest BCUT2D eigenvalue weighted by molar-refractivity contribution is -0.113. The number of ether oxygens (including phenoxy) is 1. The van der Waals surface area contributed by atoms with Gasteiger partial charge in [-0.15, -0.1) is 10.2 Å². The van der Waals surface area contributed by atoms with E-state index >= 15 is 0 Å². The number of nitrogens with one attached hydrogen (secondary N) is 1. The van der Waals surface area contributed by atoms with Crippen LogP contribution in [0.1, 0.15) is 30.0 Å². The van der Waals surface area contributed by atoms with Crippen molar-refractivity contribution < 1.29 is 9.53 Å². The quantitative estimate of drug-likeness (QED) is 0.460. The molecule has 0 saturated carbocycles. The lowest BCUT2D eigenvalue weighted by Gasteiger charge is -2.15. The van der Waals surface area contributed by atoms with E-state index in [1.165, 1.54) is 22.9 Å². The summed E-state index contributed by atoms with van der Waals surface area (Å²) in [4.78, 5) is 12.3. The summed E-state index contributed by atoms with van der Waals surface area (Å²) in [5, 5.41) is 12.5. The van der Waals surface area contributed by atoms with E-state index in [1.54, 1.807) is 18.2 Å². The van der Waals surface area contributed by atoms with Gasteiger partial charge in [0, 0.05) is 7.05 Å². The van der Waals surface area contributed by atoms with E-state index in [0.717, 1.165) is 5.75 Å². The van der Waals surface area contributed by atoms with Crippen molar-refractivity contribution in [2.45, 2.75) is 32.0 Å². The Kier molecular flexibility index (Phi) is 7.28.